The molecule has 2 aromatic rings. The number of nitrogens with zero attached hydrogens (tertiary/aromatic N) is 5. The number of aryl methyl sites for hydroxylation is 2. The molecule has 0 spiro atoms. The highest BCUT2D eigenvalue weighted by Gasteiger charge is 2.21. The van der Waals surface area contributed by atoms with Crippen molar-refractivity contribution in [3.05, 3.63) is 30.4 Å². The van der Waals surface area contributed by atoms with Crippen molar-refractivity contribution in [3.63, 3.8) is 0 Å². The lowest BCUT2D eigenvalue weighted by atomic mass is 10.1. The average Bonchev–Trinajstić information content (AvgIpc) is 2.96. The molecule has 7 nitrogen and oxygen atoms in total. The average molecular weight is 260 g/mol. The Bertz CT molecular complexity index is 573. The van der Waals surface area contributed by atoms with E-state index in [1.807, 2.05) is 13.1 Å². The Hall–Kier alpha value is -2.18. The van der Waals surface area contributed by atoms with Gasteiger partial charge in [0.05, 0.1) is 5.69 Å². The first-order valence-electron chi connectivity index (χ1n) is 6.35. The van der Waals surface area contributed by atoms with E-state index in [2.05, 4.69) is 25.0 Å². The molecule has 1 atom stereocenters. The number of hydrogen-bond acceptors (Lipinski definition) is 4. The highest BCUT2D eigenvalue weighted by atomic mass is 16.2. The van der Waals surface area contributed by atoms with Crippen LogP contribution < -0.4 is 5.32 Å². The monoisotopic (exact) mass is 260 g/mol. The predicted octanol–water partition coefficient (Wildman–Crippen LogP) is -0.0858. The number of nitrogens with one attached hydrogen (secondary N) is 1. The summed E-state index contributed by atoms with van der Waals surface area (Å²) in [5.74, 6) is 1.08. The molecule has 0 saturated heterocycles. The van der Waals surface area contributed by atoms with Crippen molar-refractivity contribution in [2.45, 2.75) is 38.9 Å². The molecule has 1 N–H and O–H groups in total. The zero-order valence-electron chi connectivity index (χ0n) is 10.8. The van der Waals surface area contributed by atoms with E-state index in [4.69, 9.17) is 0 Å². The van der Waals surface area contributed by atoms with Gasteiger partial charge in [-0.1, -0.05) is 0 Å². The lowest BCUT2D eigenvalue weighted by Gasteiger charge is -2.24. The number of fused-ring (bicyclic) bond motifs is 1. The largest absolute Gasteiger partial charge is 0.350 e. The van der Waals surface area contributed by atoms with E-state index in [1.54, 1.807) is 0 Å². The zero-order valence-corrected chi connectivity index (χ0v) is 10.8. The van der Waals surface area contributed by atoms with Crippen LogP contribution in [0.15, 0.2) is 18.9 Å². The van der Waals surface area contributed by atoms with Gasteiger partial charge in [0.15, 0.2) is 0 Å². The minimum Gasteiger partial charge on any atom is -0.350 e. The number of aromatic nitrogens is 5. The van der Waals surface area contributed by atoms with Crippen LogP contribution in [-0.2, 0) is 24.3 Å². The molecule has 0 saturated carbocycles. The summed E-state index contributed by atoms with van der Waals surface area (Å²) in [7, 11) is 0. The summed E-state index contributed by atoms with van der Waals surface area (Å²) in [4.78, 5) is 20.1. The van der Waals surface area contributed by atoms with Crippen LogP contribution in [-0.4, -0.2) is 36.3 Å². The maximum absolute atomic E-state index is 11.9. The fraction of sp³-hybridized carbons (Fsp3) is 0.500. The lowest BCUT2D eigenvalue weighted by molar-refractivity contribution is -0.122. The van der Waals surface area contributed by atoms with E-state index in [-0.39, 0.29) is 18.5 Å². The Labute approximate surface area is 110 Å². The molecule has 0 bridgehead atoms. The van der Waals surface area contributed by atoms with Gasteiger partial charge in [-0.3, -0.25) is 4.79 Å². The Balaban J connectivity index is 1.58. The van der Waals surface area contributed by atoms with Crippen molar-refractivity contribution in [1.82, 2.24) is 29.6 Å². The summed E-state index contributed by atoms with van der Waals surface area (Å²) in [5.41, 5.74) is 1.03. The lowest BCUT2D eigenvalue weighted by Crippen LogP contribution is -2.42. The second kappa shape index (κ2) is 4.83. The third-order valence-electron chi connectivity index (χ3n) is 3.25. The SMILES string of the molecule is Cc1cn2c(n1)CCC(NC(=O)Cn1cncn1)C2. The molecule has 0 radical (unpaired) electrons. The van der Waals surface area contributed by atoms with Crippen LogP contribution in [0.3, 0.4) is 0 Å². The van der Waals surface area contributed by atoms with Crippen molar-refractivity contribution in [2.24, 2.45) is 0 Å². The van der Waals surface area contributed by atoms with Crippen molar-refractivity contribution in [3.8, 4) is 0 Å². The van der Waals surface area contributed by atoms with Gasteiger partial charge >= 0.3 is 0 Å². The number of rotatable bonds is 3. The summed E-state index contributed by atoms with van der Waals surface area (Å²) in [6.45, 7) is 3.00. The molecule has 100 valence electrons. The minimum absolute atomic E-state index is 0.0317. The third-order valence-corrected chi connectivity index (χ3v) is 3.25. The van der Waals surface area contributed by atoms with Gasteiger partial charge in [0, 0.05) is 25.2 Å². The van der Waals surface area contributed by atoms with Crippen molar-refractivity contribution in [1.29, 1.82) is 0 Å². The van der Waals surface area contributed by atoms with Crippen LogP contribution in [0.1, 0.15) is 17.9 Å². The fourth-order valence-electron chi connectivity index (χ4n) is 2.44. The molecule has 1 aliphatic heterocycles. The standard InChI is InChI=1S/C12H16N6O/c1-9-4-17-5-10(2-3-11(17)15-9)16-12(19)6-18-8-13-7-14-18/h4,7-8,10H,2-3,5-6H2,1H3,(H,16,19). The van der Waals surface area contributed by atoms with E-state index in [0.717, 1.165) is 30.9 Å². The Morgan fingerprint density at radius 2 is 2.47 bits per heavy atom. The summed E-state index contributed by atoms with van der Waals surface area (Å²) < 4.78 is 3.64. The second-order valence-electron chi connectivity index (χ2n) is 4.85. The van der Waals surface area contributed by atoms with Gasteiger partial charge in [-0.15, -0.1) is 0 Å². The van der Waals surface area contributed by atoms with Crippen LogP contribution >= 0.6 is 0 Å². The van der Waals surface area contributed by atoms with E-state index >= 15 is 0 Å². The molecule has 0 aliphatic carbocycles. The second-order valence-corrected chi connectivity index (χ2v) is 4.85. The maximum Gasteiger partial charge on any atom is 0.242 e. The first-order valence-corrected chi connectivity index (χ1v) is 6.35. The fourth-order valence-corrected chi connectivity index (χ4v) is 2.44. The molecule has 0 fully saturated rings. The Kier molecular flexibility index (Phi) is 3.02. The van der Waals surface area contributed by atoms with E-state index < -0.39 is 0 Å². The summed E-state index contributed by atoms with van der Waals surface area (Å²) in [6, 6.07) is 0.164. The zero-order chi connectivity index (χ0) is 13.2. The van der Waals surface area contributed by atoms with Gasteiger partial charge in [-0.25, -0.2) is 14.6 Å². The first-order chi connectivity index (χ1) is 9.20. The van der Waals surface area contributed by atoms with Crippen molar-refractivity contribution >= 4 is 5.91 Å². The minimum atomic E-state index is -0.0317. The summed E-state index contributed by atoms with van der Waals surface area (Å²) in [6.07, 6.45) is 6.83. The van der Waals surface area contributed by atoms with Gasteiger partial charge in [0.1, 0.15) is 25.0 Å². The van der Waals surface area contributed by atoms with Crippen LogP contribution in [0.25, 0.3) is 0 Å². The van der Waals surface area contributed by atoms with Gasteiger partial charge in [0.25, 0.3) is 0 Å². The number of carbonyl (C=O) groups is 1. The molecule has 1 unspecified atom stereocenters. The van der Waals surface area contributed by atoms with E-state index in [9.17, 15) is 4.79 Å². The summed E-state index contributed by atoms with van der Waals surface area (Å²) >= 11 is 0. The van der Waals surface area contributed by atoms with Crippen molar-refractivity contribution in [2.75, 3.05) is 0 Å². The van der Waals surface area contributed by atoms with Gasteiger partial charge in [-0.05, 0) is 13.3 Å². The molecule has 1 aliphatic rings. The molecule has 3 rings (SSSR count). The van der Waals surface area contributed by atoms with E-state index in [1.165, 1.54) is 17.3 Å². The molecule has 3 heterocycles. The number of hydrogen-bond donors (Lipinski definition) is 1. The van der Waals surface area contributed by atoms with Crippen LogP contribution in [0.5, 0.6) is 0 Å². The highest BCUT2D eigenvalue weighted by Crippen LogP contribution is 2.14. The van der Waals surface area contributed by atoms with E-state index in [0.29, 0.717) is 0 Å². The molecule has 0 aromatic carbocycles. The molecule has 2 aromatic heterocycles. The third kappa shape index (κ3) is 2.64. The smallest absolute Gasteiger partial charge is 0.242 e. The normalized spacial score (nSPS) is 18.1. The van der Waals surface area contributed by atoms with Gasteiger partial charge in [0.2, 0.25) is 5.91 Å². The number of amides is 1. The van der Waals surface area contributed by atoms with Crippen molar-refractivity contribution < 1.29 is 4.79 Å². The Morgan fingerprint density at radius 1 is 1.58 bits per heavy atom. The quantitative estimate of drug-likeness (QED) is 0.837. The van der Waals surface area contributed by atoms with Gasteiger partial charge in [-0.2, -0.15) is 5.10 Å². The van der Waals surface area contributed by atoms with Crippen LogP contribution in [0, 0.1) is 6.92 Å². The number of imidazole rings is 1. The first kappa shape index (κ1) is 11.9. The van der Waals surface area contributed by atoms with Crippen LogP contribution in [0.2, 0.25) is 0 Å². The highest BCUT2D eigenvalue weighted by molar-refractivity contribution is 5.75. The molecule has 1 amide bonds. The molecular formula is C12H16N6O. The summed E-state index contributed by atoms with van der Waals surface area (Å²) in [5, 5.41) is 6.95. The topological polar surface area (TPSA) is 77.6 Å². The molecular weight excluding hydrogens is 244 g/mol. The predicted molar refractivity (Wildman–Crippen MR) is 67.2 cm³/mol. The molecule has 19 heavy (non-hydrogen) atoms. The maximum atomic E-state index is 11.9. The molecule has 7 heteroatoms. The Morgan fingerprint density at radius 3 is 3.26 bits per heavy atom. The number of carbonyl (C=O) groups excluding carboxylic acids is 1. The van der Waals surface area contributed by atoms with Gasteiger partial charge < -0.3 is 9.88 Å². The van der Waals surface area contributed by atoms with Crippen LogP contribution in [0.4, 0.5) is 0 Å².